The van der Waals surface area contributed by atoms with Crippen molar-refractivity contribution in [3.8, 4) is 0 Å². The van der Waals surface area contributed by atoms with Crippen LogP contribution in [0, 0.1) is 17.2 Å². The Morgan fingerprint density at radius 1 is 1.36 bits per heavy atom. The van der Waals surface area contributed by atoms with E-state index in [9.17, 15) is 4.39 Å². The van der Waals surface area contributed by atoms with Gasteiger partial charge >= 0.3 is 0 Å². The van der Waals surface area contributed by atoms with Crippen LogP contribution >= 0.6 is 24.0 Å². The summed E-state index contributed by atoms with van der Waals surface area (Å²) in [6.07, 6.45) is 6.71. The van der Waals surface area contributed by atoms with Gasteiger partial charge in [0.05, 0.1) is 6.10 Å². The van der Waals surface area contributed by atoms with Crippen molar-refractivity contribution in [2.24, 2.45) is 16.3 Å². The van der Waals surface area contributed by atoms with Crippen LogP contribution in [-0.2, 0) is 11.3 Å². The number of fused-ring (bicyclic) bond motifs is 2. The van der Waals surface area contributed by atoms with E-state index in [-0.39, 0.29) is 29.8 Å². The number of halogens is 2. The number of nitrogens with zero attached hydrogens (tertiary/aromatic N) is 1. The van der Waals surface area contributed by atoms with Crippen molar-refractivity contribution < 1.29 is 9.13 Å². The molecule has 3 atom stereocenters. The van der Waals surface area contributed by atoms with Gasteiger partial charge in [-0.3, -0.25) is 4.99 Å². The maximum Gasteiger partial charge on any atom is 0.191 e. The molecule has 2 N–H and O–H groups in total. The SMILES string of the molecule is CN=C(NCc1cccc(F)c1)NC1C2CCOC2C12CCCC2.I. The molecule has 3 fully saturated rings. The molecule has 25 heavy (non-hydrogen) atoms. The Labute approximate surface area is 166 Å². The molecule has 3 aliphatic rings. The molecule has 0 amide bonds. The number of hydrogen-bond acceptors (Lipinski definition) is 2. The van der Waals surface area contributed by atoms with E-state index in [4.69, 9.17) is 4.74 Å². The molecule has 2 saturated carbocycles. The standard InChI is InChI=1S/C19H26FN3O.HI/c1-21-18(22-12-13-5-4-6-14(20)11-13)23-16-15-7-10-24-17(15)19(16)8-2-3-9-19;/h4-6,11,15-17H,2-3,7-10,12H2,1H3,(H2,21,22,23);1H. The second-order valence-corrected chi connectivity index (χ2v) is 7.36. The van der Waals surface area contributed by atoms with E-state index >= 15 is 0 Å². The van der Waals surface area contributed by atoms with Crippen molar-refractivity contribution in [2.75, 3.05) is 13.7 Å². The molecule has 0 bridgehead atoms. The predicted octanol–water partition coefficient (Wildman–Crippen LogP) is 3.46. The highest BCUT2D eigenvalue weighted by molar-refractivity contribution is 14.0. The summed E-state index contributed by atoms with van der Waals surface area (Å²) >= 11 is 0. The highest BCUT2D eigenvalue weighted by atomic mass is 127. The summed E-state index contributed by atoms with van der Waals surface area (Å²) in [6.45, 7) is 1.46. The fourth-order valence-corrected chi connectivity index (χ4v) is 5.08. The average molecular weight is 459 g/mol. The third-order valence-electron chi connectivity index (χ3n) is 6.15. The van der Waals surface area contributed by atoms with Crippen LogP contribution in [0.1, 0.15) is 37.7 Å². The molecular weight excluding hydrogens is 432 g/mol. The molecule has 1 aromatic rings. The van der Waals surface area contributed by atoms with Gasteiger partial charge in [0.1, 0.15) is 5.82 Å². The molecule has 1 aliphatic heterocycles. The molecule has 138 valence electrons. The minimum absolute atomic E-state index is 0. The van der Waals surface area contributed by atoms with Gasteiger partial charge in [-0.15, -0.1) is 24.0 Å². The molecule has 1 heterocycles. The summed E-state index contributed by atoms with van der Waals surface area (Å²) in [4.78, 5) is 4.38. The number of guanidine groups is 1. The molecule has 0 radical (unpaired) electrons. The van der Waals surface area contributed by atoms with Crippen molar-refractivity contribution in [3.05, 3.63) is 35.6 Å². The largest absolute Gasteiger partial charge is 0.377 e. The van der Waals surface area contributed by atoms with Crippen LogP contribution in [0.4, 0.5) is 4.39 Å². The van der Waals surface area contributed by atoms with E-state index in [0.29, 0.717) is 30.0 Å². The average Bonchev–Trinajstić information content (AvgIpc) is 3.23. The smallest absolute Gasteiger partial charge is 0.191 e. The van der Waals surface area contributed by atoms with Crippen LogP contribution in [0.5, 0.6) is 0 Å². The van der Waals surface area contributed by atoms with Gasteiger partial charge in [-0.1, -0.05) is 25.0 Å². The fourth-order valence-electron chi connectivity index (χ4n) is 5.08. The number of ether oxygens (including phenoxy) is 1. The Bertz CT molecular complexity index is 633. The van der Waals surface area contributed by atoms with Crippen LogP contribution in [-0.4, -0.2) is 31.8 Å². The van der Waals surface area contributed by atoms with E-state index in [1.165, 1.54) is 31.7 Å². The molecule has 1 saturated heterocycles. The van der Waals surface area contributed by atoms with Crippen LogP contribution in [0.3, 0.4) is 0 Å². The second-order valence-electron chi connectivity index (χ2n) is 7.36. The van der Waals surface area contributed by atoms with Crippen molar-refractivity contribution in [3.63, 3.8) is 0 Å². The summed E-state index contributed by atoms with van der Waals surface area (Å²) in [5, 5.41) is 6.99. The predicted molar refractivity (Wildman–Crippen MR) is 108 cm³/mol. The van der Waals surface area contributed by atoms with Crippen LogP contribution in [0.15, 0.2) is 29.3 Å². The van der Waals surface area contributed by atoms with Crippen molar-refractivity contribution in [1.29, 1.82) is 0 Å². The first-order chi connectivity index (χ1) is 11.7. The maximum absolute atomic E-state index is 13.3. The summed E-state index contributed by atoms with van der Waals surface area (Å²) in [6, 6.07) is 7.14. The summed E-state index contributed by atoms with van der Waals surface area (Å²) in [5.41, 5.74) is 1.22. The number of aliphatic imine (C=N–C) groups is 1. The van der Waals surface area contributed by atoms with E-state index < -0.39 is 0 Å². The second kappa shape index (κ2) is 7.78. The van der Waals surface area contributed by atoms with E-state index in [1.807, 2.05) is 6.07 Å². The van der Waals surface area contributed by atoms with Crippen molar-refractivity contribution >= 4 is 29.9 Å². The highest BCUT2D eigenvalue weighted by Crippen LogP contribution is 2.60. The first-order valence-electron chi connectivity index (χ1n) is 9.06. The van der Waals surface area contributed by atoms with Gasteiger partial charge in [0.25, 0.3) is 0 Å². The minimum atomic E-state index is -0.202. The van der Waals surface area contributed by atoms with Gasteiger partial charge < -0.3 is 15.4 Å². The highest BCUT2D eigenvalue weighted by Gasteiger charge is 2.65. The van der Waals surface area contributed by atoms with Gasteiger partial charge in [0.15, 0.2) is 5.96 Å². The fraction of sp³-hybridized carbons (Fsp3) is 0.632. The zero-order valence-corrected chi connectivity index (χ0v) is 17.0. The molecule has 6 heteroatoms. The Morgan fingerprint density at radius 3 is 2.88 bits per heavy atom. The normalized spacial score (nSPS) is 29.7. The van der Waals surface area contributed by atoms with Crippen LogP contribution < -0.4 is 10.6 Å². The molecular formula is C19H27FIN3O. The zero-order chi connectivity index (χ0) is 16.6. The number of benzene rings is 1. The Balaban J connectivity index is 0.00000182. The van der Waals surface area contributed by atoms with Crippen molar-refractivity contribution in [2.45, 2.75) is 50.8 Å². The summed E-state index contributed by atoms with van der Waals surface area (Å²) < 4.78 is 19.3. The van der Waals surface area contributed by atoms with Gasteiger partial charge in [0, 0.05) is 37.6 Å². The van der Waals surface area contributed by atoms with Gasteiger partial charge in [-0.25, -0.2) is 4.39 Å². The quantitative estimate of drug-likeness (QED) is 0.414. The summed E-state index contributed by atoms with van der Waals surface area (Å²) in [5.74, 6) is 1.21. The topological polar surface area (TPSA) is 45.7 Å². The third kappa shape index (κ3) is 3.39. The lowest BCUT2D eigenvalue weighted by Gasteiger charge is -2.57. The van der Waals surface area contributed by atoms with Crippen LogP contribution in [0.25, 0.3) is 0 Å². The molecule has 1 spiro atoms. The number of rotatable bonds is 3. The lowest BCUT2D eigenvalue weighted by molar-refractivity contribution is -0.125. The lowest BCUT2D eigenvalue weighted by Crippen LogP contribution is -2.69. The van der Waals surface area contributed by atoms with Crippen LogP contribution in [0.2, 0.25) is 0 Å². The Hall–Kier alpha value is -0.890. The molecule has 4 nitrogen and oxygen atoms in total. The number of nitrogens with one attached hydrogen (secondary N) is 2. The molecule has 4 rings (SSSR count). The minimum Gasteiger partial charge on any atom is -0.377 e. The first kappa shape index (κ1) is 18.9. The molecule has 3 unspecified atom stereocenters. The van der Waals surface area contributed by atoms with E-state index in [1.54, 1.807) is 19.2 Å². The van der Waals surface area contributed by atoms with Crippen molar-refractivity contribution in [1.82, 2.24) is 10.6 Å². The maximum atomic E-state index is 13.3. The van der Waals surface area contributed by atoms with Gasteiger partial charge in [0.2, 0.25) is 0 Å². The molecule has 1 aromatic carbocycles. The van der Waals surface area contributed by atoms with E-state index in [0.717, 1.165) is 24.6 Å². The van der Waals surface area contributed by atoms with E-state index in [2.05, 4.69) is 15.6 Å². The number of hydrogen-bond donors (Lipinski definition) is 2. The third-order valence-corrected chi connectivity index (χ3v) is 6.15. The first-order valence-corrected chi connectivity index (χ1v) is 9.06. The molecule has 2 aliphatic carbocycles. The van der Waals surface area contributed by atoms with Gasteiger partial charge in [-0.05, 0) is 37.0 Å². The Kier molecular flexibility index (Phi) is 5.88. The molecule has 0 aromatic heterocycles. The zero-order valence-electron chi connectivity index (χ0n) is 14.6. The Morgan fingerprint density at radius 2 is 2.16 bits per heavy atom. The monoisotopic (exact) mass is 459 g/mol. The lowest BCUT2D eigenvalue weighted by atomic mass is 9.54. The summed E-state index contributed by atoms with van der Waals surface area (Å²) in [7, 11) is 1.80. The van der Waals surface area contributed by atoms with Gasteiger partial charge in [-0.2, -0.15) is 0 Å².